The number of benzene rings is 2. The SMILES string of the molecule is O=c1c2cc(Cc3ccc(-c4cn[nH]c4)nc3)c3ccccc3c2ncn1[C@H]1CCOC[C@@H]1O. The van der Waals surface area contributed by atoms with Gasteiger partial charge in [-0.05, 0) is 41.5 Å². The highest BCUT2D eigenvalue weighted by molar-refractivity contribution is 6.06. The molecule has 34 heavy (non-hydrogen) atoms. The quantitative estimate of drug-likeness (QED) is 0.405. The average Bonchev–Trinajstić information content (AvgIpc) is 3.41. The number of H-pyrrole nitrogens is 1. The van der Waals surface area contributed by atoms with Gasteiger partial charge in [-0.15, -0.1) is 0 Å². The van der Waals surface area contributed by atoms with Crippen molar-refractivity contribution in [1.82, 2.24) is 24.7 Å². The van der Waals surface area contributed by atoms with E-state index in [1.54, 1.807) is 17.1 Å². The van der Waals surface area contributed by atoms with Gasteiger partial charge in [-0.25, -0.2) is 4.98 Å². The molecule has 0 spiro atoms. The number of aromatic amines is 1. The van der Waals surface area contributed by atoms with Crippen molar-refractivity contribution < 1.29 is 9.84 Å². The van der Waals surface area contributed by atoms with E-state index in [1.807, 2.05) is 48.8 Å². The summed E-state index contributed by atoms with van der Waals surface area (Å²) in [7, 11) is 0. The number of nitrogens with zero attached hydrogens (tertiary/aromatic N) is 4. The molecular weight excluding hydrogens is 430 g/mol. The first kappa shape index (κ1) is 20.7. The Morgan fingerprint density at radius 1 is 1.09 bits per heavy atom. The highest BCUT2D eigenvalue weighted by Crippen LogP contribution is 2.29. The zero-order chi connectivity index (χ0) is 23.1. The van der Waals surface area contributed by atoms with E-state index in [4.69, 9.17) is 4.74 Å². The molecule has 0 unspecified atom stereocenters. The van der Waals surface area contributed by atoms with Gasteiger partial charge >= 0.3 is 0 Å². The Labute approximate surface area is 194 Å². The fraction of sp³-hybridized carbons (Fsp3) is 0.231. The summed E-state index contributed by atoms with van der Waals surface area (Å²) in [6.45, 7) is 0.733. The lowest BCUT2D eigenvalue weighted by molar-refractivity contribution is -0.0395. The predicted octanol–water partition coefficient (Wildman–Crippen LogP) is 3.25. The topological polar surface area (TPSA) is 106 Å². The molecule has 0 aliphatic carbocycles. The molecule has 0 saturated carbocycles. The smallest absolute Gasteiger partial charge is 0.261 e. The van der Waals surface area contributed by atoms with Gasteiger partial charge in [0.25, 0.3) is 5.56 Å². The Kier molecular flexibility index (Phi) is 5.16. The van der Waals surface area contributed by atoms with Crippen LogP contribution in [0.4, 0.5) is 0 Å². The van der Waals surface area contributed by atoms with Crippen LogP contribution in [0.2, 0.25) is 0 Å². The van der Waals surface area contributed by atoms with Crippen molar-refractivity contribution in [1.29, 1.82) is 0 Å². The van der Waals surface area contributed by atoms with Crippen LogP contribution in [0, 0.1) is 0 Å². The largest absolute Gasteiger partial charge is 0.389 e. The summed E-state index contributed by atoms with van der Waals surface area (Å²) in [4.78, 5) is 22.8. The van der Waals surface area contributed by atoms with Gasteiger partial charge in [0.15, 0.2) is 0 Å². The van der Waals surface area contributed by atoms with E-state index in [1.165, 1.54) is 0 Å². The van der Waals surface area contributed by atoms with Crippen molar-refractivity contribution in [3.05, 3.63) is 88.9 Å². The number of pyridine rings is 1. The second-order valence-electron chi connectivity index (χ2n) is 8.65. The summed E-state index contributed by atoms with van der Waals surface area (Å²) in [5.41, 5.74) is 4.39. The van der Waals surface area contributed by atoms with Crippen LogP contribution in [0.3, 0.4) is 0 Å². The van der Waals surface area contributed by atoms with Crippen LogP contribution in [0.25, 0.3) is 32.9 Å². The van der Waals surface area contributed by atoms with Crippen LogP contribution in [-0.4, -0.2) is 49.2 Å². The van der Waals surface area contributed by atoms with Crippen LogP contribution in [0.5, 0.6) is 0 Å². The number of hydrogen-bond acceptors (Lipinski definition) is 6. The third-order valence-corrected chi connectivity index (χ3v) is 6.54. The molecule has 3 aromatic heterocycles. The number of aliphatic hydroxyl groups is 1. The maximum atomic E-state index is 13.5. The first-order chi connectivity index (χ1) is 16.7. The minimum atomic E-state index is -0.731. The molecule has 5 aromatic rings. The number of ether oxygens (including phenoxy) is 1. The molecule has 0 radical (unpaired) electrons. The van der Waals surface area contributed by atoms with Gasteiger partial charge in [0.05, 0.1) is 47.9 Å². The van der Waals surface area contributed by atoms with E-state index < -0.39 is 6.10 Å². The van der Waals surface area contributed by atoms with E-state index in [9.17, 15) is 9.90 Å². The molecule has 2 N–H and O–H groups in total. The van der Waals surface area contributed by atoms with Gasteiger partial charge in [0.2, 0.25) is 0 Å². The lowest BCUT2D eigenvalue weighted by Gasteiger charge is -2.29. The summed E-state index contributed by atoms with van der Waals surface area (Å²) in [5, 5.41) is 19.7. The molecule has 1 fully saturated rings. The Bertz CT molecular complexity index is 1530. The first-order valence-corrected chi connectivity index (χ1v) is 11.3. The van der Waals surface area contributed by atoms with Crippen LogP contribution in [0.15, 0.2) is 72.2 Å². The van der Waals surface area contributed by atoms with Crippen molar-refractivity contribution >= 4 is 21.7 Å². The number of rotatable bonds is 4. The molecule has 4 heterocycles. The van der Waals surface area contributed by atoms with Crippen molar-refractivity contribution in [2.24, 2.45) is 0 Å². The number of nitrogens with one attached hydrogen (secondary N) is 1. The van der Waals surface area contributed by atoms with E-state index in [0.29, 0.717) is 30.4 Å². The van der Waals surface area contributed by atoms with Gasteiger partial charge in [-0.2, -0.15) is 5.10 Å². The van der Waals surface area contributed by atoms with Crippen LogP contribution in [0.1, 0.15) is 23.6 Å². The molecule has 1 aliphatic rings. The molecule has 1 saturated heterocycles. The molecule has 0 amide bonds. The monoisotopic (exact) mass is 453 g/mol. The lowest BCUT2D eigenvalue weighted by Crippen LogP contribution is -2.39. The van der Waals surface area contributed by atoms with Crippen LogP contribution >= 0.6 is 0 Å². The van der Waals surface area contributed by atoms with E-state index >= 15 is 0 Å². The second-order valence-corrected chi connectivity index (χ2v) is 8.65. The molecule has 8 heteroatoms. The van der Waals surface area contributed by atoms with Gasteiger partial charge in [0.1, 0.15) is 0 Å². The number of aromatic nitrogens is 5. The van der Waals surface area contributed by atoms with Gasteiger partial charge in [-0.3, -0.25) is 19.4 Å². The van der Waals surface area contributed by atoms with E-state index in [2.05, 4.69) is 26.2 Å². The van der Waals surface area contributed by atoms with E-state index in [-0.39, 0.29) is 18.2 Å². The Hall–Kier alpha value is -3.88. The Morgan fingerprint density at radius 3 is 2.74 bits per heavy atom. The summed E-state index contributed by atoms with van der Waals surface area (Å²) >= 11 is 0. The average molecular weight is 454 g/mol. The Morgan fingerprint density at radius 2 is 1.97 bits per heavy atom. The summed E-state index contributed by atoms with van der Waals surface area (Å²) in [5.74, 6) is 0. The van der Waals surface area contributed by atoms with Crippen molar-refractivity contribution in [2.75, 3.05) is 13.2 Å². The second kappa shape index (κ2) is 8.48. The van der Waals surface area contributed by atoms with Gasteiger partial charge in [-0.1, -0.05) is 30.3 Å². The number of hydrogen-bond donors (Lipinski definition) is 2. The maximum absolute atomic E-state index is 13.5. The molecule has 6 rings (SSSR count). The molecule has 0 bridgehead atoms. The first-order valence-electron chi connectivity index (χ1n) is 11.3. The molecule has 8 nitrogen and oxygen atoms in total. The third kappa shape index (κ3) is 3.57. The predicted molar refractivity (Wildman–Crippen MR) is 129 cm³/mol. The molecular formula is C26H23N5O3. The minimum Gasteiger partial charge on any atom is -0.389 e. The lowest BCUT2D eigenvalue weighted by atomic mass is 9.96. The summed E-state index contributed by atoms with van der Waals surface area (Å²) in [6.07, 6.45) is 7.45. The fourth-order valence-corrected chi connectivity index (χ4v) is 4.78. The zero-order valence-electron chi connectivity index (χ0n) is 18.4. The highest BCUT2D eigenvalue weighted by atomic mass is 16.5. The number of fused-ring (bicyclic) bond motifs is 3. The standard InChI is InChI=1S/C26H23N5O3/c32-24-14-34-8-7-23(24)31-15-28-25-20-4-2-1-3-19(20)17(10-21(25)26(31)33)9-16-5-6-22(27-11-16)18-12-29-30-13-18/h1-6,10-13,15,23-24,32H,7-9,14H2,(H,29,30)/t23-,24-/m0/s1. The third-order valence-electron chi connectivity index (χ3n) is 6.54. The normalized spacial score (nSPS) is 18.5. The fourth-order valence-electron chi connectivity index (χ4n) is 4.78. The molecule has 170 valence electrons. The maximum Gasteiger partial charge on any atom is 0.261 e. The number of aliphatic hydroxyl groups excluding tert-OH is 1. The van der Waals surface area contributed by atoms with Crippen LogP contribution in [-0.2, 0) is 11.2 Å². The van der Waals surface area contributed by atoms with Crippen molar-refractivity contribution in [2.45, 2.75) is 25.0 Å². The molecule has 2 aromatic carbocycles. The minimum absolute atomic E-state index is 0.142. The van der Waals surface area contributed by atoms with Gasteiger partial charge < -0.3 is 9.84 Å². The Balaban J connectivity index is 1.45. The summed E-state index contributed by atoms with van der Waals surface area (Å²) in [6, 6.07) is 13.7. The summed E-state index contributed by atoms with van der Waals surface area (Å²) < 4.78 is 6.90. The molecule has 2 atom stereocenters. The van der Waals surface area contributed by atoms with E-state index in [0.717, 1.165) is 33.2 Å². The highest BCUT2D eigenvalue weighted by Gasteiger charge is 2.27. The zero-order valence-corrected chi connectivity index (χ0v) is 18.4. The molecule has 1 aliphatic heterocycles. The van der Waals surface area contributed by atoms with Crippen LogP contribution < -0.4 is 5.56 Å². The van der Waals surface area contributed by atoms with Gasteiger partial charge in [0, 0.05) is 30.0 Å². The van der Waals surface area contributed by atoms with Crippen molar-refractivity contribution in [3.8, 4) is 11.3 Å². The van der Waals surface area contributed by atoms with Crippen molar-refractivity contribution in [3.63, 3.8) is 0 Å².